The highest BCUT2D eigenvalue weighted by Crippen LogP contribution is 2.21. The molecule has 6 heteroatoms. The molecule has 0 spiro atoms. The van der Waals surface area contributed by atoms with E-state index in [4.69, 9.17) is 28.6 Å². The van der Waals surface area contributed by atoms with Gasteiger partial charge in [-0.15, -0.1) is 0 Å². The van der Waals surface area contributed by atoms with Crippen molar-refractivity contribution >= 4 is 34.6 Å². The zero-order valence-electron chi connectivity index (χ0n) is 9.43. The number of thiocarbonyl (C=S) groups is 1. The van der Waals surface area contributed by atoms with Gasteiger partial charge >= 0.3 is 0 Å². The lowest BCUT2D eigenvalue weighted by molar-refractivity contribution is 0.196. The molecule has 94 valence electrons. The lowest BCUT2D eigenvalue weighted by atomic mass is 10.3. The number of nitrogens with one attached hydrogen (secondary N) is 2. The van der Waals surface area contributed by atoms with Crippen LogP contribution >= 0.6 is 23.8 Å². The van der Waals surface area contributed by atoms with Gasteiger partial charge in [0.2, 0.25) is 0 Å². The Bertz CT molecular complexity index is 390. The molecule has 0 saturated carbocycles. The van der Waals surface area contributed by atoms with E-state index in [9.17, 15) is 4.39 Å². The van der Waals surface area contributed by atoms with Crippen LogP contribution < -0.4 is 10.6 Å². The molecule has 2 N–H and O–H groups in total. The first-order chi connectivity index (χ1) is 8.15. The van der Waals surface area contributed by atoms with E-state index in [0.717, 1.165) is 6.42 Å². The molecule has 1 aromatic rings. The Labute approximate surface area is 110 Å². The third kappa shape index (κ3) is 4.85. The van der Waals surface area contributed by atoms with Crippen LogP contribution in [0, 0.1) is 5.82 Å². The molecule has 0 heterocycles. The van der Waals surface area contributed by atoms with Gasteiger partial charge in [-0.05, 0) is 30.8 Å². The van der Waals surface area contributed by atoms with E-state index >= 15 is 0 Å². The number of benzene rings is 1. The zero-order chi connectivity index (χ0) is 12.7. The minimum Gasteiger partial charge on any atom is -0.385 e. The highest BCUT2D eigenvalue weighted by Gasteiger charge is 2.06. The number of rotatable bonds is 5. The molecule has 0 saturated heterocycles. The van der Waals surface area contributed by atoms with Crippen molar-refractivity contribution in [3.05, 3.63) is 29.0 Å². The highest BCUT2D eigenvalue weighted by atomic mass is 35.5. The Kier molecular flexibility index (Phi) is 6.18. The second kappa shape index (κ2) is 7.42. The first-order valence-electron chi connectivity index (χ1n) is 5.13. The van der Waals surface area contributed by atoms with Crippen molar-refractivity contribution in [2.24, 2.45) is 0 Å². The molecule has 0 unspecified atom stereocenters. The molecule has 0 bridgehead atoms. The molecule has 17 heavy (non-hydrogen) atoms. The summed E-state index contributed by atoms with van der Waals surface area (Å²) in [5.41, 5.74) is 0.266. The van der Waals surface area contributed by atoms with Crippen LogP contribution in [0.15, 0.2) is 18.2 Å². The van der Waals surface area contributed by atoms with E-state index in [1.807, 2.05) is 0 Å². The molecule has 0 amide bonds. The molecule has 0 atom stereocenters. The molecule has 0 fully saturated rings. The summed E-state index contributed by atoms with van der Waals surface area (Å²) in [6, 6.07) is 4.71. The number of hydrogen-bond acceptors (Lipinski definition) is 2. The molecule has 0 aliphatic heterocycles. The van der Waals surface area contributed by atoms with Crippen LogP contribution in [0.4, 0.5) is 10.1 Å². The Morgan fingerprint density at radius 1 is 1.53 bits per heavy atom. The quantitative estimate of drug-likeness (QED) is 0.640. The lowest BCUT2D eigenvalue weighted by Gasteiger charge is -2.11. The fourth-order valence-corrected chi connectivity index (χ4v) is 1.57. The summed E-state index contributed by atoms with van der Waals surface area (Å²) in [7, 11) is 1.64. The van der Waals surface area contributed by atoms with Gasteiger partial charge < -0.3 is 15.4 Å². The molecule has 1 aromatic carbocycles. The Morgan fingerprint density at radius 2 is 2.29 bits per heavy atom. The Hall–Kier alpha value is -0.910. The summed E-state index contributed by atoms with van der Waals surface area (Å²) in [6.07, 6.45) is 0.830. The maximum absolute atomic E-state index is 13.5. The van der Waals surface area contributed by atoms with E-state index in [0.29, 0.717) is 18.3 Å². The predicted molar refractivity (Wildman–Crippen MR) is 72.1 cm³/mol. The van der Waals surface area contributed by atoms with Crippen molar-refractivity contribution in [1.29, 1.82) is 0 Å². The summed E-state index contributed by atoms with van der Waals surface area (Å²) < 4.78 is 18.4. The molecule has 0 aliphatic rings. The number of halogens is 2. The van der Waals surface area contributed by atoms with Crippen LogP contribution in [0.3, 0.4) is 0 Å². The molecular weight excluding hydrogens is 263 g/mol. The van der Waals surface area contributed by atoms with Crippen molar-refractivity contribution < 1.29 is 9.13 Å². The largest absolute Gasteiger partial charge is 0.385 e. The van der Waals surface area contributed by atoms with Crippen molar-refractivity contribution in [2.45, 2.75) is 6.42 Å². The maximum atomic E-state index is 13.5. The average molecular weight is 277 g/mol. The van der Waals surface area contributed by atoms with Gasteiger partial charge in [0.25, 0.3) is 0 Å². The van der Waals surface area contributed by atoms with Gasteiger partial charge in [0.05, 0.1) is 10.7 Å². The molecule has 0 aromatic heterocycles. The maximum Gasteiger partial charge on any atom is 0.170 e. The van der Waals surface area contributed by atoms with E-state index < -0.39 is 5.82 Å². The number of ether oxygens (including phenoxy) is 1. The SMILES string of the molecule is COCCCNC(=S)Nc1cccc(Cl)c1F. The summed E-state index contributed by atoms with van der Waals surface area (Å²) in [5, 5.41) is 6.12. The normalized spacial score (nSPS) is 10.1. The monoisotopic (exact) mass is 276 g/mol. The van der Waals surface area contributed by atoms with Crippen molar-refractivity contribution in [2.75, 3.05) is 25.6 Å². The van der Waals surface area contributed by atoms with Crippen LogP contribution in [-0.2, 0) is 4.74 Å². The minimum atomic E-state index is -0.504. The van der Waals surface area contributed by atoms with Gasteiger partial charge in [0.15, 0.2) is 10.9 Å². The Balaban J connectivity index is 2.43. The highest BCUT2D eigenvalue weighted by molar-refractivity contribution is 7.80. The zero-order valence-corrected chi connectivity index (χ0v) is 11.0. The summed E-state index contributed by atoms with van der Waals surface area (Å²) in [5.74, 6) is -0.504. The van der Waals surface area contributed by atoms with Crippen molar-refractivity contribution in [1.82, 2.24) is 5.32 Å². The van der Waals surface area contributed by atoms with Gasteiger partial charge in [-0.1, -0.05) is 17.7 Å². The fourth-order valence-electron chi connectivity index (χ4n) is 1.19. The van der Waals surface area contributed by atoms with Crippen LogP contribution in [0.25, 0.3) is 0 Å². The average Bonchev–Trinajstić information content (AvgIpc) is 2.31. The van der Waals surface area contributed by atoms with Gasteiger partial charge in [-0.2, -0.15) is 0 Å². The lowest BCUT2D eigenvalue weighted by Crippen LogP contribution is -2.30. The van der Waals surface area contributed by atoms with Crippen molar-refractivity contribution in [3.63, 3.8) is 0 Å². The minimum absolute atomic E-state index is 0.0668. The topological polar surface area (TPSA) is 33.3 Å². The fraction of sp³-hybridized carbons (Fsp3) is 0.364. The summed E-state index contributed by atoms with van der Waals surface area (Å²) >= 11 is 10.7. The van der Waals surface area contributed by atoms with Crippen LogP contribution in [0.5, 0.6) is 0 Å². The first kappa shape index (κ1) is 14.2. The predicted octanol–water partition coefficient (Wildman–Crippen LogP) is 2.80. The molecule has 0 aliphatic carbocycles. The number of anilines is 1. The first-order valence-corrected chi connectivity index (χ1v) is 5.91. The van der Waals surface area contributed by atoms with Crippen LogP contribution in [0.1, 0.15) is 6.42 Å². The van der Waals surface area contributed by atoms with Crippen molar-refractivity contribution in [3.8, 4) is 0 Å². The van der Waals surface area contributed by atoms with Gasteiger partial charge in [0, 0.05) is 20.3 Å². The molecule has 0 radical (unpaired) electrons. The molecule has 3 nitrogen and oxygen atoms in total. The third-order valence-electron chi connectivity index (χ3n) is 2.01. The summed E-state index contributed by atoms with van der Waals surface area (Å²) in [6.45, 7) is 1.32. The smallest absolute Gasteiger partial charge is 0.170 e. The summed E-state index contributed by atoms with van der Waals surface area (Å²) in [4.78, 5) is 0. The molecule has 1 rings (SSSR count). The standard InChI is InChI=1S/C11H14ClFN2OS/c1-16-7-3-6-14-11(17)15-9-5-2-4-8(12)10(9)13/h2,4-5H,3,6-7H2,1H3,(H2,14,15,17). The van der Waals surface area contributed by atoms with Crippen LogP contribution in [0.2, 0.25) is 5.02 Å². The molecular formula is C11H14ClFN2OS. The van der Waals surface area contributed by atoms with Crippen LogP contribution in [-0.4, -0.2) is 25.4 Å². The Morgan fingerprint density at radius 3 is 3.00 bits per heavy atom. The van der Waals surface area contributed by atoms with Gasteiger partial charge in [-0.3, -0.25) is 0 Å². The van der Waals surface area contributed by atoms with Gasteiger partial charge in [0.1, 0.15) is 0 Å². The van der Waals surface area contributed by atoms with E-state index in [1.165, 1.54) is 6.07 Å². The second-order valence-electron chi connectivity index (χ2n) is 3.33. The second-order valence-corrected chi connectivity index (χ2v) is 4.14. The van der Waals surface area contributed by atoms with Gasteiger partial charge in [-0.25, -0.2) is 4.39 Å². The third-order valence-corrected chi connectivity index (χ3v) is 2.55. The van der Waals surface area contributed by atoms with E-state index in [-0.39, 0.29) is 10.7 Å². The van der Waals surface area contributed by atoms with E-state index in [1.54, 1.807) is 19.2 Å². The number of hydrogen-bond donors (Lipinski definition) is 2. The number of methoxy groups -OCH3 is 1. The van der Waals surface area contributed by atoms with E-state index in [2.05, 4.69) is 10.6 Å².